The highest BCUT2D eigenvalue weighted by molar-refractivity contribution is 5.83. The maximum atomic E-state index is 11.8. The van der Waals surface area contributed by atoms with Gasteiger partial charge in [-0.1, -0.05) is 0 Å². The topological polar surface area (TPSA) is 95.9 Å². The van der Waals surface area contributed by atoms with Crippen LogP contribution in [-0.4, -0.2) is 54.7 Å². The number of carbonyl (C=O) groups excluding carboxylic acids is 2. The third-order valence-corrected chi connectivity index (χ3v) is 3.04. The zero-order valence-corrected chi connectivity index (χ0v) is 11.2. The fraction of sp³-hybridized carbons (Fsp3) is 0.750. The molecule has 7 heteroatoms. The van der Waals surface area contributed by atoms with Crippen molar-refractivity contribution in [3.8, 4) is 0 Å². The van der Waals surface area contributed by atoms with Crippen molar-refractivity contribution >= 4 is 18.0 Å². The summed E-state index contributed by atoms with van der Waals surface area (Å²) in [5.74, 6) is -1.11. The van der Waals surface area contributed by atoms with E-state index in [9.17, 15) is 14.4 Å². The molecule has 0 heterocycles. The Balaban J connectivity index is 2.40. The predicted molar refractivity (Wildman–Crippen MR) is 66.6 cm³/mol. The van der Waals surface area contributed by atoms with E-state index in [0.29, 0.717) is 12.5 Å². The Morgan fingerprint density at radius 2 is 2.05 bits per heavy atom. The van der Waals surface area contributed by atoms with Gasteiger partial charge in [-0.3, -0.25) is 4.79 Å². The molecule has 1 rings (SSSR count). The number of carboxylic acid groups (broad SMARTS) is 1. The first kappa shape index (κ1) is 15.3. The summed E-state index contributed by atoms with van der Waals surface area (Å²) < 4.78 is 4.44. The number of hydrogen-bond donors (Lipinski definition) is 2. The molecule has 1 aliphatic carbocycles. The van der Waals surface area contributed by atoms with Crippen molar-refractivity contribution in [1.29, 1.82) is 0 Å². The molecule has 0 aliphatic heterocycles. The minimum absolute atomic E-state index is 0.0189. The van der Waals surface area contributed by atoms with Crippen LogP contribution < -0.4 is 5.32 Å². The molecular weight excluding hydrogens is 252 g/mol. The summed E-state index contributed by atoms with van der Waals surface area (Å²) >= 11 is 0. The van der Waals surface area contributed by atoms with E-state index in [1.165, 1.54) is 12.0 Å². The minimum Gasteiger partial charge on any atom is -0.480 e. The number of nitrogens with one attached hydrogen (secondary N) is 1. The van der Waals surface area contributed by atoms with Gasteiger partial charge in [-0.05, 0) is 25.2 Å². The van der Waals surface area contributed by atoms with Crippen molar-refractivity contribution in [2.45, 2.75) is 31.7 Å². The van der Waals surface area contributed by atoms with Crippen molar-refractivity contribution in [3.63, 3.8) is 0 Å². The second-order valence-electron chi connectivity index (χ2n) is 4.78. The molecule has 19 heavy (non-hydrogen) atoms. The van der Waals surface area contributed by atoms with E-state index in [0.717, 1.165) is 12.8 Å². The fourth-order valence-corrected chi connectivity index (χ4v) is 1.65. The quantitative estimate of drug-likeness (QED) is 0.656. The number of aliphatic carboxylic acids is 1. The lowest BCUT2D eigenvalue weighted by Crippen LogP contribution is -2.47. The van der Waals surface area contributed by atoms with E-state index in [1.54, 1.807) is 7.05 Å². The first-order valence-electron chi connectivity index (χ1n) is 6.25. The maximum absolute atomic E-state index is 11.8. The molecule has 0 saturated heterocycles. The van der Waals surface area contributed by atoms with E-state index < -0.39 is 24.0 Å². The van der Waals surface area contributed by atoms with Crippen LogP contribution >= 0.6 is 0 Å². The number of rotatable bonds is 7. The Morgan fingerprint density at radius 3 is 2.53 bits per heavy atom. The first-order chi connectivity index (χ1) is 8.93. The van der Waals surface area contributed by atoms with Crippen molar-refractivity contribution in [2.24, 2.45) is 5.92 Å². The lowest BCUT2D eigenvalue weighted by atomic mass is 10.1. The predicted octanol–water partition coefficient (Wildman–Crippen LogP) is 0.444. The van der Waals surface area contributed by atoms with Crippen molar-refractivity contribution < 1.29 is 24.2 Å². The van der Waals surface area contributed by atoms with Gasteiger partial charge in [0.25, 0.3) is 0 Å². The molecule has 1 atom stereocenters. The molecule has 7 nitrogen and oxygen atoms in total. The summed E-state index contributed by atoms with van der Waals surface area (Å²) in [6, 6.07) is -1.50. The molecule has 0 bridgehead atoms. The summed E-state index contributed by atoms with van der Waals surface area (Å²) in [6.07, 6.45) is 2.20. The van der Waals surface area contributed by atoms with Gasteiger partial charge in [0.05, 0.1) is 7.11 Å². The molecule has 1 aliphatic rings. The van der Waals surface area contributed by atoms with Gasteiger partial charge in [0.15, 0.2) is 0 Å². The van der Waals surface area contributed by atoms with Crippen molar-refractivity contribution in [1.82, 2.24) is 10.2 Å². The molecule has 108 valence electrons. The molecule has 1 saturated carbocycles. The molecule has 2 N–H and O–H groups in total. The Bertz CT molecular complexity index is 354. The van der Waals surface area contributed by atoms with Crippen LogP contribution in [0.25, 0.3) is 0 Å². The monoisotopic (exact) mass is 272 g/mol. The number of methoxy groups -OCH3 is 1. The number of hydrogen-bond acceptors (Lipinski definition) is 4. The summed E-state index contributed by atoms with van der Waals surface area (Å²) in [5, 5.41) is 11.4. The van der Waals surface area contributed by atoms with E-state index in [2.05, 4.69) is 10.1 Å². The Morgan fingerprint density at radius 1 is 1.42 bits per heavy atom. The zero-order valence-electron chi connectivity index (χ0n) is 11.2. The van der Waals surface area contributed by atoms with Gasteiger partial charge in [0, 0.05) is 20.0 Å². The lowest BCUT2D eigenvalue weighted by Gasteiger charge is -2.21. The Hall–Kier alpha value is -1.79. The largest absolute Gasteiger partial charge is 0.480 e. The number of esters is 1. The molecule has 2 amide bonds. The molecule has 0 aromatic heterocycles. The molecule has 0 aromatic carbocycles. The van der Waals surface area contributed by atoms with Crippen LogP contribution in [-0.2, 0) is 14.3 Å². The standard InChI is InChI=1S/C12H20N2O5/c1-14(7-8-3-4-8)12(18)13-9(11(16)17)5-6-10(15)19-2/h8-9H,3-7H2,1-2H3,(H,13,18)(H,16,17)/t9-/m1/s1. The third-order valence-electron chi connectivity index (χ3n) is 3.04. The SMILES string of the molecule is COC(=O)CC[C@@H](NC(=O)N(C)CC1CC1)C(=O)O. The highest BCUT2D eigenvalue weighted by Crippen LogP contribution is 2.29. The Labute approximate surface area is 111 Å². The van der Waals surface area contributed by atoms with E-state index in [1.807, 2.05) is 0 Å². The van der Waals surface area contributed by atoms with Gasteiger partial charge in [0.2, 0.25) is 0 Å². The lowest BCUT2D eigenvalue weighted by molar-refractivity contribution is -0.142. The van der Waals surface area contributed by atoms with Gasteiger partial charge in [0.1, 0.15) is 6.04 Å². The van der Waals surface area contributed by atoms with Gasteiger partial charge in [-0.2, -0.15) is 0 Å². The van der Waals surface area contributed by atoms with Gasteiger partial charge in [-0.25, -0.2) is 9.59 Å². The number of carbonyl (C=O) groups is 3. The van der Waals surface area contributed by atoms with Crippen LogP contribution in [0.2, 0.25) is 0 Å². The van der Waals surface area contributed by atoms with Crippen molar-refractivity contribution in [2.75, 3.05) is 20.7 Å². The van der Waals surface area contributed by atoms with Gasteiger partial charge in [-0.15, -0.1) is 0 Å². The number of urea groups is 1. The van der Waals surface area contributed by atoms with Crippen LogP contribution in [0.5, 0.6) is 0 Å². The van der Waals surface area contributed by atoms with Crippen LogP contribution in [0.3, 0.4) is 0 Å². The Kier molecular flexibility index (Phi) is 5.59. The summed E-state index contributed by atoms with van der Waals surface area (Å²) in [4.78, 5) is 35.2. The third kappa shape index (κ3) is 5.58. The summed E-state index contributed by atoms with van der Waals surface area (Å²) in [7, 11) is 2.87. The van der Waals surface area contributed by atoms with Crippen LogP contribution in [0.4, 0.5) is 4.79 Å². The number of ether oxygens (including phenoxy) is 1. The maximum Gasteiger partial charge on any atom is 0.326 e. The second kappa shape index (κ2) is 6.96. The highest BCUT2D eigenvalue weighted by Gasteiger charge is 2.27. The molecular formula is C12H20N2O5. The number of carboxylic acids is 1. The number of nitrogens with zero attached hydrogens (tertiary/aromatic N) is 1. The summed E-state index contributed by atoms with van der Waals surface area (Å²) in [5.41, 5.74) is 0. The van der Waals surface area contributed by atoms with Crippen LogP contribution in [0, 0.1) is 5.92 Å². The van der Waals surface area contributed by atoms with E-state index >= 15 is 0 Å². The molecule has 0 spiro atoms. The normalized spacial score (nSPS) is 15.5. The smallest absolute Gasteiger partial charge is 0.326 e. The molecule has 0 unspecified atom stereocenters. The van der Waals surface area contributed by atoms with Gasteiger partial charge >= 0.3 is 18.0 Å². The van der Waals surface area contributed by atoms with Crippen LogP contribution in [0.15, 0.2) is 0 Å². The van der Waals surface area contributed by atoms with E-state index in [4.69, 9.17) is 5.11 Å². The zero-order chi connectivity index (χ0) is 14.4. The average molecular weight is 272 g/mol. The molecule has 0 aromatic rings. The highest BCUT2D eigenvalue weighted by atomic mass is 16.5. The molecule has 1 fully saturated rings. The van der Waals surface area contributed by atoms with Gasteiger partial charge < -0.3 is 20.1 Å². The first-order valence-corrected chi connectivity index (χ1v) is 6.25. The fourth-order valence-electron chi connectivity index (χ4n) is 1.65. The van der Waals surface area contributed by atoms with Crippen LogP contribution in [0.1, 0.15) is 25.7 Å². The second-order valence-corrected chi connectivity index (χ2v) is 4.78. The van der Waals surface area contributed by atoms with E-state index in [-0.39, 0.29) is 12.8 Å². The average Bonchev–Trinajstić information content (AvgIpc) is 3.16. The minimum atomic E-state index is -1.16. The van der Waals surface area contributed by atoms with Crippen molar-refractivity contribution in [3.05, 3.63) is 0 Å². The summed E-state index contributed by atoms with van der Waals surface area (Å²) in [6.45, 7) is 0.634. The number of amides is 2. The molecule has 0 radical (unpaired) electrons.